The molecule has 0 bridgehead atoms. The van der Waals surface area contributed by atoms with Gasteiger partial charge in [0.2, 0.25) is 5.91 Å². The van der Waals surface area contributed by atoms with Crippen molar-refractivity contribution in [3.63, 3.8) is 0 Å². The van der Waals surface area contributed by atoms with Crippen molar-refractivity contribution in [1.29, 1.82) is 0 Å². The molecule has 0 fully saturated rings. The van der Waals surface area contributed by atoms with Gasteiger partial charge in [-0.25, -0.2) is 8.42 Å². The lowest BCUT2D eigenvalue weighted by molar-refractivity contribution is -0.121. The molecule has 0 saturated carbocycles. The summed E-state index contributed by atoms with van der Waals surface area (Å²) in [6, 6.07) is 6.11. The molecule has 1 rings (SSSR count). The first-order valence-corrected chi connectivity index (χ1v) is 8.37. The molecule has 1 amide bonds. The van der Waals surface area contributed by atoms with Crippen molar-refractivity contribution in [2.75, 3.05) is 6.26 Å². The molecule has 1 aromatic carbocycles. The predicted molar refractivity (Wildman–Crippen MR) is 78.9 cm³/mol. The van der Waals surface area contributed by atoms with Crippen LogP contribution in [0.4, 0.5) is 0 Å². The molecule has 0 saturated heterocycles. The molecule has 1 aromatic rings. The molecule has 20 heavy (non-hydrogen) atoms. The molecule has 0 aliphatic rings. The zero-order chi connectivity index (χ0) is 15.5. The van der Waals surface area contributed by atoms with Gasteiger partial charge in [-0.15, -0.1) is 0 Å². The number of hydrogen-bond donors (Lipinski definition) is 2. The first kappa shape index (κ1) is 16.7. The second-order valence-electron chi connectivity index (χ2n) is 5.35. The molecule has 3 N–H and O–H groups in total. The molecule has 112 valence electrons. The minimum atomic E-state index is -3.19. The minimum Gasteiger partial charge on any atom is -0.368 e. The quantitative estimate of drug-likeness (QED) is 0.827. The maximum absolute atomic E-state index is 11.4. The summed E-state index contributed by atoms with van der Waals surface area (Å²) in [6.07, 6.45) is 1.17. The summed E-state index contributed by atoms with van der Waals surface area (Å²) in [4.78, 5) is 11.7. The van der Waals surface area contributed by atoms with E-state index < -0.39 is 15.9 Å². The maximum Gasteiger partial charge on any atom is 0.234 e. The third-order valence-corrected chi connectivity index (χ3v) is 4.34. The number of nitrogens with two attached hydrogens (primary N) is 1. The van der Waals surface area contributed by atoms with Crippen molar-refractivity contribution in [3.05, 3.63) is 29.8 Å². The van der Waals surface area contributed by atoms with Gasteiger partial charge >= 0.3 is 0 Å². The average Bonchev–Trinajstić information content (AvgIpc) is 2.34. The zero-order valence-corrected chi connectivity index (χ0v) is 13.1. The van der Waals surface area contributed by atoms with E-state index in [0.29, 0.717) is 0 Å². The van der Waals surface area contributed by atoms with E-state index in [4.69, 9.17) is 5.73 Å². The summed E-state index contributed by atoms with van der Waals surface area (Å²) in [7, 11) is -3.19. The van der Waals surface area contributed by atoms with Crippen LogP contribution in [0.3, 0.4) is 0 Å². The minimum absolute atomic E-state index is 0.0882. The van der Waals surface area contributed by atoms with Crippen LogP contribution in [0.25, 0.3) is 0 Å². The molecule has 0 aliphatic heterocycles. The molecule has 6 heteroatoms. The van der Waals surface area contributed by atoms with E-state index >= 15 is 0 Å². The van der Waals surface area contributed by atoms with E-state index in [0.717, 1.165) is 5.56 Å². The lowest BCUT2D eigenvalue weighted by Gasteiger charge is -2.24. The second-order valence-corrected chi connectivity index (χ2v) is 7.37. The van der Waals surface area contributed by atoms with Crippen LogP contribution in [0.15, 0.2) is 29.2 Å². The Morgan fingerprint density at radius 1 is 1.15 bits per heavy atom. The number of carbonyl (C=O) groups excluding carboxylic acids is 1. The lowest BCUT2D eigenvalue weighted by Crippen LogP contribution is -2.45. The molecule has 0 heterocycles. The number of hydrogen-bond acceptors (Lipinski definition) is 4. The number of primary amides is 1. The van der Waals surface area contributed by atoms with Crippen LogP contribution in [0.2, 0.25) is 0 Å². The highest BCUT2D eigenvalue weighted by atomic mass is 32.2. The third-order valence-electron chi connectivity index (χ3n) is 3.21. The van der Waals surface area contributed by atoms with Crippen LogP contribution in [0.5, 0.6) is 0 Å². The molecular formula is C14H22N2O3S. The second kappa shape index (κ2) is 6.37. The van der Waals surface area contributed by atoms with Gasteiger partial charge in [-0.1, -0.05) is 26.0 Å². The van der Waals surface area contributed by atoms with Gasteiger partial charge in [0.1, 0.15) is 0 Å². The van der Waals surface area contributed by atoms with Gasteiger partial charge < -0.3 is 5.73 Å². The molecular weight excluding hydrogens is 276 g/mol. The highest BCUT2D eigenvalue weighted by Gasteiger charge is 2.21. The highest BCUT2D eigenvalue weighted by molar-refractivity contribution is 7.90. The molecule has 2 unspecified atom stereocenters. The van der Waals surface area contributed by atoms with Gasteiger partial charge in [0.25, 0.3) is 0 Å². The molecule has 2 atom stereocenters. The van der Waals surface area contributed by atoms with Crippen molar-refractivity contribution >= 4 is 15.7 Å². The molecule has 0 spiro atoms. The topological polar surface area (TPSA) is 89.3 Å². The normalized spacial score (nSPS) is 15.1. The van der Waals surface area contributed by atoms with Gasteiger partial charge in [-0.05, 0) is 30.5 Å². The van der Waals surface area contributed by atoms with Crippen molar-refractivity contribution in [1.82, 2.24) is 5.32 Å². The van der Waals surface area contributed by atoms with Crippen LogP contribution < -0.4 is 11.1 Å². The largest absolute Gasteiger partial charge is 0.368 e. The Labute approximate surface area is 120 Å². The number of nitrogens with one attached hydrogen (secondary N) is 1. The summed E-state index contributed by atoms with van der Waals surface area (Å²) < 4.78 is 22.8. The predicted octanol–water partition coefficient (Wildman–Crippen LogP) is 1.25. The maximum atomic E-state index is 11.4. The number of sulfone groups is 1. The van der Waals surface area contributed by atoms with Gasteiger partial charge in [0.15, 0.2) is 9.84 Å². The van der Waals surface area contributed by atoms with Crippen LogP contribution in [-0.2, 0) is 14.6 Å². The summed E-state index contributed by atoms with van der Waals surface area (Å²) in [5, 5.41) is 3.17. The van der Waals surface area contributed by atoms with E-state index in [9.17, 15) is 13.2 Å². The number of benzene rings is 1. The Morgan fingerprint density at radius 3 is 2.00 bits per heavy atom. The van der Waals surface area contributed by atoms with E-state index in [2.05, 4.69) is 5.32 Å². The van der Waals surface area contributed by atoms with Crippen molar-refractivity contribution in [3.8, 4) is 0 Å². The molecule has 5 nitrogen and oxygen atoms in total. The van der Waals surface area contributed by atoms with E-state index in [1.54, 1.807) is 24.3 Å². The van der Waals surface area contributed by atoms with Crippen LogP contribution in [-0.4, -0.2) is 26.6 Å². The molecule has 0 aromatic heterocycles. The Kier molecular flexibility index (Phi) is 5.30. The first-order valence-electron chi connectivity index (χ1n) is 6.48. The summed E-state index contributed by atoms with van der Waals surface area (Å²) in [5.74, 6) is -0.301. The fourth-order valence-electron chi connectivity index (χ4n) is 1.97. The fourth-order valence-corrected chi connectivity index (χ4v) is 2.60. The summed E-state index contributed by atoms with van der Waals surface area (Å²) in [6.45, 7) is 5.75. The van der Waals surface area contributed by atoms with E-state index in [1.165, 1.54) is 6.26 Å². The zero-order valence-electron chi connectivity index (χ0n) is 12.3. The van der Waals surface area contributed by atoms with Gasteiger partial charge in [-0.2, -0.15) is 0 Å². The van der Waals surface area contributed by atoms with E-state index in [1.807, 2.05) is 20.8 Å². The standard InChI is InChI=1S/C14H22N2O3S/c1-9(2)13(14(15)17)16-10(3)11-5-7-12(8-6-11)20(4,18)19/h5-10,13,16H,1-4H3,(H2,15,17). The Balaban J connectivity index is 2.88. The lowest BCUT2D eigenvalue weighted by atomic mass is 10.0. The SMILES string of the molecule is CC(NC(C(N)=O)C(C)C)c1ccc(S(C)(=O)=O)cc1. The van der Waals surface area contributed by atoms with Crippen LogP contribution in [0, 0.1) is 5.92 Å². The smallest absolute Gasteiger partial charge is 0.234 e. The summed E-state index contributed by atoms with van der Waals surface area (Å²) in [5.41, 5.74) is 6.27. The molecule has 0 radical (unpaired) electrons. The number of amides is 1. The Hall–Kier alpha value is -1.40. The van der Waals surface area contributed by atoms with Crippen LogP contribution in [0.1, 0.15) is 32.4 Å². The number of rotatable bonds is 6. The summed E-state index contributed by atoms with van der Waals surface area (Å²) >= 11 is 0. The fraction of sp³-hybridized carbons (Fsp3) is 0.500. The molecule has 0 aliphatic carbocycles. The van der Waals surface area contributed by atoms with Crippen molar-refractivity contribution < 1.29 is 13.2 Å². The third kappa shape index (κ3) is 4.31. The van der Waals surface area contributed by atoms with Gasteiger partial charge in [0.05, 0.1) is 10.9 Å². The first-order chi connectivity index (χ1) is 9.12. The highest BCUT2D eigenvalue weighted by Crippen LogP contribution is 2.18. The van der Waals surface area contributed by atoms with Crippen LogP contribution >= 0.6 is 0 Å². The van der Waals surface area contributed by atoms with Gasteiger partial charge in [0, 0.05) is 12.3 Å². The Morgan fingerprint density at radius 2 is 1.65 bits per heavy atom. The van der Waals surface area contributed by atoms with Crippen molar-refractivity contribution in [2.45, 2.75) is 37.8 Å². The van der Waals surface area contributed by atoms with Crippen molar-refractivity contribution in [2.24, 2.45) is 11.7 Å². The van der Waals surface area contributed by atoms with Gasteiger partial charge in [-0.3, -0.25) is 10.1 Å². The number of carbonyl (C=O) groups is 1. The average molecular weight is 298 g/mol. The monoisotopic (exact) mass is 298 g/mol. The Bertz CT molecular complexity index is 565. The van der Waals surface area contributed by atoms with E-state index in [-0.39, 0.29) is 22.8 Å².